The summed E-state index contributed by atoms with van der Waals surface area (Å²) >= 11 is 0. The van der Waals surface area contributed by atoms with E-state index in [1.807, 2.05) is 30.3 Å². The molecule has 2 N–H and O–H groups in total. The molecule has 4 aliphatic heterocycles. The molecule has 0 bridgehead atoms. The topological polar surface area (TPSA) is 194 Å². The third-order valence-electron chi connectivity index (χ3n) is 13.0. The number of ether oxygens (including phenoxy) is 1. The molecule has 4 aromatic rings. The normalized spacial score (nSPS) is 22.5. The van der Waals surface area contributed by atoms with Crippen LogP contribution in [0.25, 0.3) is 10.9 Å². The Kier molecular flexibility index (Phi) is 11.3. The molecule has 5 amide bonds. The fraction of sp³-hybridized carbons (Fsp3) is 0.444. The molecule has 1 aliphatic carbocycles. The van der Waals surface area contributed by atoms with Gasteiger partial charge < -0.3 is 19.9 Å². The van der Waals surface area contributed by atoms with Gasteiger partial charge in [0.2, 0.25) is 11.8 Å². The highest BCUT2D eigenvalue weighted by atomic mass is 16.5. The number of piperazine rings is 1. The van der Waals surface area contributed by atoms with Crippen LogP contribution in [0.5, 0.6) is 5.75 Å². The van der Waals surface area contributed by atoms with Crippen LogP contribution in [0, 0.1) is 17.2 Å². The van der Waals surface area contributed by atoms with Crippen molar-refractivity contribution >= 4 is 51.9 Å². The van der Waals surface area contributed by atoms with Crippen molar-refractivity contribution in [2.45, 2.75) is 76.0 Å². The van der Waals surface area contributed by atoms with Gasteiger partial charge >= 0.3 is 0 Å². The predicted octanol–water partition coefficient (Wildman–Crippen LogP) is 3.85. The number of rotatable bonds is 10. The molecule has 1 unspecified atom stereocenters. The summed E-state index contributed by atoms with van der Waals surface area (Å²) in [5.74, 6) is -0.0744. The number of hydrogen-bond donors (Lipinski definition) is 2. The summed E-state index contributed by atoms with van der Waals surface area (Å²) in [6.45, 7) is 6.18. The number of nitrogens with zero attached hydrogens (tertiary/aromatic N) is 8. The number of benzene rings is 2. The number of piperidine rings is 2. The molecule has 0 radical (unpaired) electrons. The summed E-state index contributed by atoms with van der Waals surface area (Å²) < 4.78 is 6.35. The van der Waals surface area contributed by atoms with Gasteiger partial charge in [-0.05, 0) is 118 Å². The van der Waals surface area contributed by atoms with Crippen LogP contribution in [-0.4, -0.2) is 119 Å². The first-order valence-corrected chi connectivity index (χ1v) is 21.4. The number of anilines is 2. The highest BCUT2D eigenvalue weighted by Gasteiger charge is 2.45. The number of amides is 5. The molecule has 1 atom stereocenters. The van der Waals surface area contributed by atoms with Gasteiger partial charge in [-0.3, -0.25) is 44.1 Å². The number of aromatic nitrogens is 3. The molecule has 16 heteroatoms. The molecule has 4 fully saturated rings. The first-order valence-electron chi connectivity index (χ1n) is 21.4. The molecule has 6 heterocycles. The van der Waals surface area contributed by atoms with E-state index in [0.717, 1.165) is 118 Å². The molecule has 2 aromatic heterocycles. The molecule has 3 saturated heterocycles. The number of carbonyl (C=O) groups is 5. The zero-order valence-corrected chi connectivity index (χ0v) is 33.9. The van der Waals surface area contributed by atoms with Gasteiger partial charge in [0.15, 0.2) is 11.5 Å². The molecule has 2 aromatic carbocycles. The average molecular weight is 825 g/mol. The van der Waals surface area contributed by atoms with Gasteiger partial charge in [0.1, 0.15) is 17.9 Å². The van der Waals surface area contributed by atoms with Crippen molar-refractivity contribution in [1.82, 2.24) is 35.6 Å². The van der Waals surface area contributed by atoms with E-state index in [1.165, 1.54) is 0 Å². The summed E-state index contributed by atoms with van der Waals surface area (Å²) in [5.41, 5.74) is 2.95. The quantitative estimate of drug-likeness (QED) is 0.219. The van der Waals surface area contributed by atoms with Crippen LogP contribution in [0.3, 0.4) is 0 Å². The molecule has 314 valence electrons. The van der Waals surface area contributed by atoms with E-state index in [9.17, 15) is 29.2 Å². The fourth-order valence-corrected chi connectivity index (χ4v) is 9.42. The Bertz CT molecular complexity index is 2390. The van der Waals surface area contributed by atoms with Crippen molar-refractivity contribution < 1.29 is 28.7 Å². The summed E-state index contributed by atoms with van der Waals surface area (Å²) in [5, 5.41) is 24.4. The maximum atomic E-state index is 13.3. The van der Waals surface area contributed by atoms with Crippen molar-refractivity contribution in [3.05, 3.63) is 83.2 Å². The van der Waals surface area contributed by atoms with Gasteiger partial charge in [0, 0.05) is 69.0 Å². The van der Waals surface area contributed by atoms with Crippen molar-refractivity contribution in [2.75, 3.05) is 55.6 Å². The maximum absolute atomic E-state index is 13.3. The van der Waals surface area contributed by atoms with Crippen LogP contribution < -0.4 is 25.2 Å². The number of nitriles is 1. The second kappa shape index (κ2) is 17.3. The fourth-order valence-electron chi connectivity index (χ4n) is 9.42. The number of fused-ring (bicyclic) bond motifs is 2. The van der Waals surface area contributed by atoms with Crippen LogP contribution in [0.2, 0.25) is 0 Å². The average Bonchev–Trinajstić information content (AvgIpc) is 3.54. The Balaban J connectivity index is 0.684. The second-order valence-corrected chi connectivity index (χ2v) is 16.7. The molecule has 0 spiro atoms. The Morgan fingerprint density at radius 1 is 0.836 bits per heavy atom. The SMILES string of the molecule is N#Cc1ccc(OC2CCC(NC(=O)c3ccc(N4CCC(CCN5CCN(c6ccc7c(c6)C(=O)N(C6CCC(=O)NC6=O)C7=O)CC5)CC4)nn3)CC2)c2cccnc12. The number of hydrogen-bond acceptors (Lipinski definition) is 13. The van der Waals surface area contributed by atoms with Crippen molar-refractivity contribution in [3.8, 4) is 11.8 Å². The van der Waals surface area contributed by atoms with Crippen molar-refractivity contribution in [2.24, 2.45) is 5.92 Å². The van der Waals surface area contributed by atoms with Crippen LogP contribution in [-0.2, 0) is 9.59 Å². The van der Waals surface area contributed by atoms with E-state index in [4.69, 9.17) is 4.74 Å². The highest BCUT2D eigenvalue weighted by Crippen LogP contribution is 2.33. The number of carbonyl (C=O) groups excluding carboxylic acids is 5. The van der Waals surface area contributed by atoms with Crippen LogP contribution in [0.15, 0.2) is 60.8 Å². The number of pyridine rings is 1. The van der Waals surface area contributed by atoms with Crippen LogP contribution in [0.1, 0.15) is 94.6 Å². The maximum Gasteiger partial charge on any atom is 0.272 e. The molecule has 5 aliphatic rings. The Labute approximate surface area is 353 Å². The van der Waals surface area contributed by atoms with E-state index in [2.05, 4.69) is 46.6 Å². The zero-order valence-electron chi connectivity index (χ0n) is 33.9. The van der Waals surface area contributed by atoms with Gasteiger partial charge in [-0.1, -0.05) is 0 Å². The van der Waals surface area contributed by atoms with E-state index >= 15 is 0 Å². The predicted molar refractivity (Wildman–Crippen MR) is 224 cm³/mol. The number of nitrogens with one attached hydrogen (secondary N) is 2. The summed E-state index contributed by atoms with van der Waals surface area (Å²) in [6.07, 6.45) is 8.33. The highest BCUT2D eigenvalue weighted by molar-refractivity contribution is 6.23. The minimum Gasteiger partial charge on any atom is -0.490 e. The Morgan fingerprint density at radius 3 is 2.36 bits per heavy atom. The zero-order chi connectivity index (χ0) is 42.0. The van der Waals surface area contributed by atoms with Gasteiger partial charge in [-0.25, -0.2) is 0 Å². The second-order valence-electron chi connectivity index (χ2n) is 16.7. The van der Waals surface area contributed by atoms with E-state index in [-0.39, 0.29) is 30.9 Å². The molecular weight excluding hydrogens is 777 g/mol. The van der Waals surface area contributed by atoms with E-state index in [0.29, 0.717) is 33.8 Å². The third kappa shape index (κ3) is 8.34. The van der Waals surface area contributed by atoms with Gasteiger partial charge in [-0.2, -0.15) is 5.26 Å². The van der Waals surface area contributed by atoms with Crippen molar-refractivity contribution in [3.63, 3.8) is 0 Å². The number of imide groups is 2. The molecule has 61 heavy (non-hydrogen) atoms. The first kappa shape index (κ1) is 40.0. The van der Waals surface area contributed by atoms with Gasteiger partial charge in [-0.15, -0.1) is 10.2 Å². The van der Waals surface area contributed by atoms with Crippen LogP contribution >= 0.6 is 0 Å². The minimum absolute atomic E-state index is 0.0147. The van der Waals surface area contributed by atoms with Gasteiger partial charge in [0.25, 0.3) is 17.7 Å². The van der Waals surface area contributed by atoms with Gasteiger partial charge in [0.05, 0.1) is 28.3 Å². The smallest absolute Gasteiger partial charge is 0.272 e. The van der Waals surface area contributed by atoms with Crippen LogP contribution in [0.4, 0.5) is 11.5 Å². The summed E-state index contributed by atoms with van der Waals surface area (Å²) in [4.78, 5) is 75.9. The Morgan fingerprint density at radius 2 is 1.62 bits per heavy atom. The monoisotopic (exact) mass is 824 g/mol. The lowest BCUT2D eigenvalue weighted by Gasteiger charge is -2.38. The molecule has 1 saturated carbocycles. The molecular formula is C45H48N10O6. The van der Waals surface area contributed by atoms with E-state index in [1.54, 1.807) is 30.5 Å². The lowest BCUT2D eigenvalue weighted by Crippen LogP contribution is -2.54. The third-order valence-corrected chi connectivity index (χ3v) is 13.0. The Hall–Kier alpha value is -6.47. The van der Waals surface area contributed by atoms with E-state index < -0.39 is 29.7 Å². The standard InChI is InChI=1S/C45H48N10O6/c46-27-29-3-12-38(34-2-1-18-47-41(29)34)61-32-7-4-30(5-8-32)48-42(57)36-10-13-39(51-50-36)54-20-16-28(17-21-54)15-19-52-22-24-53(25-23-52)31-6-9-33-35(26-31)45(60)55(44(33)59)37-11-14-40(56)49-43(37)58/h1-3,6,9-10,12-13,18,26,28,30,32,37H,4-5,7-8,11,14-17,19-25H2,(H,48,57)(H,49,56,58). The summed E-state index contributed by atoms with van der Waals surface area (Å²) in [7, 11) is 0. The lowest BCUT2D eigenvalue weighted by molar-refractivity contribution is -0.136. The first-order chi connectivity index (χ1) is 29.7. The van der Waals surface area contributed by atoms with Crippen molar-refractivity contribution in [1.29, 1.82) is 5.26 Å². The molecule has 9 rings (SSSR count). The minimum atomic E-state index is -0.974. The summed E-state index contributed by atoms with van der Waals surface area (Å²) in [6, 6.07) is 17.6. The lowest BCUT2D eigenvalue weighted by atomic mass is 9.92. The largest absolute Gasteiger partial charge is 0.490 e. The molecule has 16 nitrogen and oxygen atoms in total.